The molecule has 1 aliphatic heterocycles. The fraction of sp³-hybridized carbons (Fsp3) is 0.647. The lowest BCUT2D eigenvalue weighted by Gasteiger charge is -2.40. The Morgan fingerprint density at radius 3 is 2.74 bits per heavy atom. The molecule has 1 unspecified atom stereocenters. The van der Waals surface area contributed by atoms with Crippen LogP contribution < -0.4 is 5.32 Å². The molecule has 0 aromatic heterocycles. The van der Waals surface area contributed by atoms with Gasteiger partial charge in [-0.1, -0.05) is 31.2 Å². The zero-order valence-electron chi connectivity index (χ0n) is 12.7. The number of rotatable bonds is 5. The quantitative estimate of drug-likeness (QED) is 0.874. The fourth-order valence-corrected chi connectivity index (χ4v) is 3.29. The molecule has 0 amide bonds. The van der Waals surface area contributed by atoms with Gasteiger partial charge in [0.25, 0.3) is 0 Å². The molecule has 1 heterocycles. The molecule has 0 bridgehead atoms. The van der Waals surface area contributed by atoms with Crippen molar-refractivity contribution in [2.24, 2.45) is 5.41 Å². The smallest absolute Gasteiger partial charge is 0.0233 e. The van der Waals surface area contributed by atoms with E-state index in [1.165, 1.54) is 50.0 Å². The molecule has 0 saturated carbocycles. The first kappa shape index (κ1) is 14.5. The van der Waals surface area contributed by atoms with Crippen molar-refractivity contribution in [1.82, 2.24) is 10.2 Å². The standard InChI is InChI=1S/C17H28N2/c1-4-17(10-7-11-18-13-17)14-19(3)12-16-9-6-5-8-15(16)2/h5-6,8-9,18H,4,7,10-14H2,1-3H3. The number of hydrogen-bond donors (Lipinski definition) is 1. The van der Waals surface area contributed by atoms with E-state index in [9.17, 15) is 0 Å². The fourth-order valence-electron chi connectivity index (χ4n) is 3.29. The topological polar surface area (TPSA) is 15.3 Å². The van der Waals surface area contributed by atoms with Gasteiger partial charge in [0, 0.05) is 19.6 Å². The molecule has 19 heavy (non-hydrogen) atoms. The molecule has 1 aromatic carbocycles. The second-order valence-electron chi connectivity index (χ2n) is 6.23. The molecule has 1 aliphatic rings. The van der Waals surface area contributed by atoms with Gasteiger partial charge in [-0.15, -0.1) is 0 Å². The van der Waals surface area contributed by atoms with Gasteiger partial charge in [-0.2, -0.15) is 0 Å². The summed E-state index contributed by atoms with van der Waals surface area (Å²) in [6.07, 6.45) is 3.97. The molecule has 2 heteroatoms. The molecule has 0 radical (unpaired) electrons. The largest absolute Gasteiger partial charge is 0.316 e. The Bertz CT molecular complexity index is 394. The molecule has 0 aliphatic carbocycles. The molecule has 0 spiro atoms. The first-order valence-electron chi connectivity index (χ1n) is 7.59. The SMILES string of the molecule is CCC1(CN(C)Cc2ccccc2C)CCCNC1. The maximum Gasteiger partial charge on any atom is 0.0233 e. The average molecular weight is 260 g/mol. The van der Waals surface area contributed by atoms with E-state index in [-0.39, 0.29) is 0 Å². The zero-order chi connectivity index (χ0) is 13.7. The maximum atomic E-state index is 3.58. The molecule has 2 rings (SSSR count). The molecule has 1 fully saturated rings. The van der Waals surface area contributed by atoms with Crippen LogP contribution in [-0.4, -0.2) is 31.6 Å². The van der Waals surface area contributed by atoms with Gasteiger partial charge in [0.05, 0.1) is 0 Å². The molecule has 106 valence electrons. The van der Waals surface area contributed by atoms with Crippen LogP contribution in [0, 0.1) is 12.3 Å². The van der Waals surface area contributed by atoms with Crippen molar-refractivity contribution in [3.8, 4) is 0 Å². The summed E-state index contributed by atoms with van der Waals surface area (Å²) in [5.41, 5.74) is 3.34. The third-order valence-corrected chi connectivity index (χ3v) is 4.62. The highest BCUT2D eigenvalue weighted by molar-refractivity contribution is 5.25. The Balaban J connectivity index is 1.96. The highest BCUT2D eigenvalue weighted by Crippen LogP contribution is 2.31. The molecule has 1 atom stereocenters. The summed E-state index contributed by atoms with van der Waals surface area (Å²) < 4.78 is 0. The van der Waals surface area contributed by atoms with E-state index >= 15 is 0 Å². The minimum atomic E-state index is 0.482. The van der Waals surface area contributed by atoms with Crippen molar-refractivity contribution in [2.75, 3.05) is 26.7 Å². The molecule has 1 saturated heterocycles. The van der Waals surface area contributed by atoms with Crippen molar-refractivity contribution in [2.45, 2.75) is 39.7 Å². The molecule has 2 nitrogen and oxygen atoms in total. The predicted molar refractivity (Wildman–Crippen MR) is 82.3 cm³/mol. The van der Waals surface area contributed by atoms with Gasteiger partial charge in [0.1, 0.15) is 0 Å². The summed E-state index contributed by atoms with van der Waals surface area (Å²) >= 11 is 0. The van der Waals surface area contributed by atoms with Gasteiger partial charge >= 0.3 is 0 Å². The monoisotopic (exact) mass is 260 g/mol. The van der Waals surface area contributed by atoms with E-state index < -0.39 is 0 Å². The second-order valence-corrected chi connectivity index (χ2v) is 6.23. The van der Waals surface area contributed by atoms with Crippen LogP contribution in [0.15, 0.2) is 24.3 Å². The number of hydrogen-bond acceptors (Lipinski definition) is 2. The first-order valence-corrected chi connectivity index (χ1v) is 7.59. The molecular formula is C17H28N2. The van der Waals surface area contributed by atoms with Crippen LogP contribution >= 0.6 is 0 Å². The number of piperidine rings is 1. The minimum Gasteiger partial charge on any atom is -0.316 e. The zero-order valence-corrected chi connectivity index (χ0v) is 12.7. The Morgan fingerprint density at radius 1 is 1.32 bits per heavy atom. The van der Waals surface area contributed by atoms with E-state index in [4.69, 9.17) is 0 Å². The number of aryl methyl sites for hydroxylation is 1. The Kier molecular flexibility index (Phi) is 5.00. The van der Waals surface area contributed by atoms with E-state index in [1.807, 2.05) is 0 Å². The molecular weight excluding hydrogens is 232 g/mol. The predicted octanol–water partition coefficient (Wildman–Crippen LogP) is 3.21. The summed E-state index contributed by atoms with van der Waals surface area (Å²) in [5.74, 6) is 0. The summed E-state index contributed by atoms with van der Waals surface area (Å²) in [6.45, 7) is 9.19. The van der Waals surface area contributed by atoms with Crippen molar-refractivity contribution >= 4 is 0 Å². The lowest BCUT2D eigenvalue weighted by Crippen LogP contribution is -2.46. The van der Waals surface area contributed by atoms with Crippen molar-refractivity contribution < 1.29 is 0 Å². The number of benzene rings is 1. The Morgan fingerprint density at radius 2 is 2.11 bits per heavy atom. The summed E-state index contributed by atoms with van der Waals surface area (Å²) in [7, 11) is 2.26. The van der Waals surface area contributed by atoms with E-state index in [0.29, 0.717) is 5.41 Å². The highest BCUT2D eigenvalue weighted by atomic mass is 15.1. The second kappa shape index (κ2) is 6.53. The van der Waals surface area contributed by atoms with Crippen molar-refractivity contribution in [3.63, 3.8) is 0 Å². The Hall–Kier alpha value is -0.860. The van der Waals surface area contributed by atoms with Gasteiger partial charge in [-0.3, -0.25) is 0 Å². The summed E-state index contributed by atoms with van der Waals surface area (Å²) in [5, 5.41) is 3.58. The minimum absolute atomic E-state index is 0.482. The Labute approximate surface area is 118 Å². The van der Waals surface area contributed by atoms with Crippen LogP contribution in [0.5, 0.6) is 0 Å². The normalized spacial score (nSPS) is 23.8. The van der Waals surface area contributed by atoms with Crippen molar-refractivity contribution in [1.29, 1.82) is 0 Å². The van der Waals surface area contributed by atoms with Gasteiger partial charge in [0.2, 0.25) is 0 Å². The van der Waals surface area contributed by atoms with Gasteiger partial charge in [-0.05, 0) is 56.3 Å². The molecule has 1 aromatic rings. The lowest BCUT2D eigenvalue weighted by molar-refractivity contribution is 0.124. The lowest BCUT2D eigenvalue weighted by atomic mass is 9.78. The average Bonchev–Trinajstić information content (AvgIpc) is 2.42. The van der Waals surface area contributed by atoms with Crippen LogP contribution in [-0.2, 0) is 6.54 Å². The number of nitrogens with one attached hydrogen (secondary N) is 1. The highest BCUT2D eigenvalue weighted by Gasteiger charge is 2.31. The van der Waals surface area contributed by atoms with E-state index in [0.717, 1.165) is 6.54 Å². The van der Waals surface area contributed by atoms with E-state index in [2.05, 4.69) is 55.4 Å². The van der Waals surface area contributed by atoms with Gasteiger partial charge in [-0.25, -0.2) is 0 Å². The van der Waals surface area contributed by atoms with Crippen molar-refractivity contribution in [3.05, 3.63) is 35.4 Å². The van der Waals surface area contributed by atoms with Gasteiger partial charge < -0.3 is 10.2 Å². The number of nitrogens with zero attached hydrogens (tertiary/aromatic N) is 1. The first-order chi connectivity index (χ1) is 9.15. The van der Waals surface area contributed by atoms with E-state index in [1.54, 1.807) is 0 Å². The third-order valence-electron chi connectivity index (χ3n) is 4.62. The van der Waals surface area contributed by atoms with Crippen LogP contribution in [0.1, 0.15) is 37.3 Å². The van der Waals surface area contributed by atoms with Gasteiger partial charge in [0.15, 0.2) is 0 Å². The summed E-state index contributed by atoms with van der Waals surface area (Å²) in [4.78, 5) is 2.50. The summed E-state index contributed by atoms with van der Waals surface area (Å²) in [6, 6.07) is 8.73. The van der Waals surface area contributed by atoms with Crippen LogP contribution in [0.3, 0.4) is 0 Å². The van der Waals surface area contributed by atoms with Crippen LogP contribution in [0.2, 0.25) is 0 Å². The molecule has 1 N–H and O–H groups in total. The van der Waals surface area contributed by atoms with Crippen LogP contribution in [0.4, 0.5) is 0 Å². The maximum absolute atomic E-state index is 3.58. The van der Waals surface area contributed by atoms with Crippen LogP contribution in [0.25, 0.3) is 0 Å². The third kappa shape index (κ3) is 3.80.